The number of hydrazone groups is 1. The summed E-state index contributed by atoms with van der Waals surface area (Å²) in [5, 5.41) is 3.99. The normalized spacial score (nSPS) is 17.7. The predicted molar refractivity (Wildman–Crippen MR) is 125 cm³/mol. The third kappa shape index (κ3) is 5.98. The summed E-state index contributed by atoms with van der Waals surface area (Å²) in [5.41, 5.74) is 8.44. The number of benzene rings is 1. The molecule has 4 N–H and O–H groups in total. The van der Waals surface area contributed by atoms with Crippen LogP contribution in [0.1, 0.15) is 21.6 Å². The molecule has 0 radical (unpaired) electrons. The molecule has 2 aromatic rings. The van der Waals surface area contributed by atoms with E-state index >= 15 is 0 Å². The second-order valence-electron chi connectivity index (χ2n) is 7.87. The summed E-state index contributed by atoms with van der Waals surface area (Å²) in [4.78, 5) is 20.9. The molecule has 2 aliphatic rings. The smallest absolute Gasteiger partial charge is 0.248 e. The van der Waals surface area contributed by atoms with Gasteiger partial charge in [-0.15, -0.1) is 0 Å². The average molecular weight is 455 g/mol. The Morgan fingerprint density at radius 2 is 1.73 bits per heavy atom. The number of anilines is 1. The molecule has 2 saturated heterocycles. The maximum Gasteiger partial charge on any atom is 0.248 e. The van der Waals surface area contributed by atoms with Gasteiger partial charge in [0.2, 0.25) is 11.8 Å². The maximum absolute atomic E-state index is 11.6. The van der Waals surface area contributed by atoms with E-state index in [2.05, 4.69) is 19.9 Å². The highest BCUT2D eigenvalue weighted by molar-refractivity contribution is 6.13. The number of carbonyl (C=O) groups excluding carboxylic acids is 1. The van der Waals surface area contributed by atoms with E-state index in [-0.39, 0.29) is 0 Å². The van der Waals surface area contributed by atoms with Crippen molar-refractivity contribution in [2.75, 3.05) is 70.7 Å². The minimum Gasteiger partial charge on any atom is -0.476 e. The van der Waals surface area contributed by atoms with Crippen LogP contribution in [0.5, 0.6) is 5.88 Å². The third-order valence-electron chi connectivity index (χ3n) is 5.72. The van der Waals surface area contributed by atoms with Crippen LogP contribution >= 0.6 is 0 Å². The zero-order chi connectivity index (χ0) is 23.0. The summed E-state index contributed by atoms with van der Waals surface area (Å²) < 4.78 is 16.9. The van der Waals surface area contributed by atoms with Gasteiger partial charge >= 0.3 is 0 Å². The molecule has 1 aromatic carbocycles. The predicted octanol–water partition coefficient (Wildman–Crippen LogP) is 0.439. The molecule has 10 heteroatoms. The summed E-state index contributed by atoms with van der Waals surface area (Å²) in [6.07, 6.45) is 0. The van der Waals surface area contributed by atoms with Crippen LogP contribution in [0.2, 0.25) is 0 Å². The van der Waals surface area contributed by atoms with Crippen LogP contribution in [0, 0.1) is 0 Å². The zero-order valence-corrected chi connectivity index (χ0v) is 18.6. The minimum atomic E-state index is -0.518. The summed E-state index contributed by atoms with van der Waals surface area (Å²) in [6, 6.07) is 10.7. The van der Waals surface area contributed by atoms with E-state index in [1.807, 2.05) is 18.2 Å². The van der Waals surface area contributed by atoms with E-state index in [1.165, 1.54) is 0 Å². The van der Waals surface area contributed by atoms with Crippen molar-refractivity contribution >= 4 is 17.3 Å². The Labute approximate surface area is 193 Å². The number of aromatic nitrogens is 1. The standard InChI is InChI=1S/C23H30N6O4/c24-23(30)18-3-1-2-17(14-18)22(27-25)20-15-19(29-7-11-32-12-8-29)16-21(26-20)33-13-6-28-4-9-31-10-5-28/h1-3,14-16H,4-13,25H2,(H2,24,30)/b27-22+. The summed E-state index contributed by atoms with van der Waals surface area (Å²) >= 11 is 0. The van der Waals surface area contributed by atoms with Gasteiger partial charge < -0.3 is 30.7 Å². The van der Waals surface area contributed by atoms with E-state index in [0.29, 0.717) is 48.2 Å². The molecule has 3 heterocycles. The Bertz CT molecular complexity index is 987. The summed E-state index contributed by atoms with van der Waals surface area (Å²) in [6.45, 7) is 7.43. The first-order valence-electron chi connectivity index (χ1n) is 11.1. The fraction of sp³-hybridized carbons (Fsp3) is 0.435. The number of morpholine rings is 2. The summed E-state index contributed by atoms with van der Waals surface area (Å²) in [5.74, 6) is 5.75. The highest BCUT2D eigenvalue weighted by Gasteiger charge is 2.18. The molecule has 10 nitrogen and oxygen atoms in total. The zero-order valence-electron chi connectivity index (χ0n) is 18.6. The van der Waals surface area contributed by atoms with Gasteiger partial charge in [-0.05, 0) is 18.2 Å². The van der Waals surface area contributed by atoms with Crippen molar-refractivity contribution in [3.63, 3.8) is 0 Å². The second kappa shape index (κ2) is 11.1. The van der Waals surface area contributed by atoms with Crippen molar-refractivity contribution in [3.05, 3.63) is 53.2 Å². The molecule has 176 valence electrons. The van der Waals surface area contributed by atoms with Crippen LogP contribution < -0.4 is 21.2 Å². The fourth-order valence-electron chi connectivity index (χ4n) is 3.90. The number of carbonyl (C=O) groups is 1. The molecule has 2 fully saturated rings. The van der Waals surface area contributed by atoms with Gasteiger partial charge in [-0.3, -0.25) is 9.69 Å². The number of nitrogens with zero attached hydrogens (tertiary/aromatic N) is 4. The molecule has 0 saturated carbocycles. The molecular formula is C23H30N6O4. The lowest BCUT2D eigenvalue weighted by atomic mass is 10.0. The first-order chi connectivity index (χ1) is 16.1. The molecule has 4 rings (SSSR count). The Morgan fingerprint density at radius 1 is 1.03 bits per heavy atom. The Morgan fingerprint density at radius 3 is 2.42 bits per heavy atom. The van der Waals surface area contributed by atoms with Gasteiger partial charge in [0.15, 0.2) is 0 Å². The number of rotatable bonds is 8. The van der Waals surface area contributed by atoms with Crippen LogP contribution in [0.3, 0.4) is 0 Å². The molecule has 0 spiro atoms. The van der Waals surface area contributed by atoms with E-state index in [4.69, 9.17) is 25.8 Å². The largest absolute Gasteiger partial charge is 0.476 e. The monoisotopic (exact) mass is 454 g/mol. The topological polar surface area (TPSA) is 129 Å². The van der Waals surface area contributed by atoms with Crippen LogP contribution in [-0.2, 0) is 9.47 Å². The van der Waals surface area contributed by atoms with E-state index in [0.717, 1.165) is 51.6 Å². The Kier molecular flexibility index (Phi) is 7.71. The van der Waals surface area contributed by atoms with Crippen molar-refractivity contribution in [1.29, 1.82) is 0 Å². The highest BCUT2D eigenvalue weighted by atomic mass is 16.5. The van der Waals surface area contributed by atoms with E-state index < -0.39 is 5.91 Å². The molecule has 0 aliphatic carbocycles. The third-order valence-corrected chi connectivity index (χ3v) is 5.72. The molecule has 0 atom stereocenters. The fourth-order valence-corrected chi connectivity index (χ4v) is 3.90. The maximum atomic E-state index is 11.6. The molecular weight excluding hydrogens is 424 g/mol. The first-order valence-corrected chi connectivity index (χ1v) is 11.1. The van der Waals surface area contributed by atoms with E-state index in [9.17, 15) is 4.79 Å². The average Bonchev–Trinajstić information content (AvgIpc) is 2.86. The van der Waals surface area contributed by atoms with Crippen LogP contribution in [0.15, 0.2) is 41.5 Å². The lowest BCUT2D eigenvalue weighted by Crippen LogP contribution is -2.38. The SMILES string of the molecule is N/N=C(\c1cccc(C(N)=O)c1)c1cc(N2CCOCC2)cc(OCCN2CCOCC2)n1. The molecule has 33 heavy (non-hydrogen) atoms. The van der Waals surface area contributed by atoms with Crippen molar-refractivity contribution in [2.45, 2.75) is 0 Å². The van der Waals surface area contributed by atoms with Gasteiger partial charge in [0.05, 0.1) is 32.1 Å². The van der Waals surface area contributed by atoms with Gasteiger partial charge in [0.1, 0.15) is 12.3 Å². The highest BCUT2D eigenvalue weighted by Crippen LogP contribution is 2.24. The number of amides is 1. The van der Waals surface area contributed by atoms with Gasteiger partial charge in [-0.25, -0.2) is 4.98 Å². The van der Waals surface area contributed by atoms with Crippen LogP contribution in [0.4, 0.5) is 5.69 Å². The van der Waals surface area contributed by atoms with Crippen LogP contribution in [-0.4, -0.2) is 87.3 Å². The lowest BCUT2D eigenvalue weighted by Gasteiger charge is -2.29. The molecule has 0 bridgehead atoms. The second-order valence-corrected chi connectivity index (χ2v) is 7.87. The lowest BCUT2D eigenvalue weighted by molar-refractivity contribution is 0.0320. The number of nitrogens with two attached hydrogens (primary N) is 2. The Balaban J connectivity index is 1.60. The van der Waals surface area contributed by atoms with Gasteiger partial charge in [-0.2, -0.15) is 5.10 Å². The first kappa shape index (κ1) is 23.0. The van der Waals surface area contributed by atoms with Crippen molar-refractivity contribution in [2.24, 2.45) is 16.7 Å². The van der Waals surface area contributed by atoms with Crippen LogP contribution in [0.25, 0.3) is 0 Å². The minimum absolute atomic E-state index is 0.375. The molecule has 1 amide bonds. The summed E-state index contributed by atoms with van der Waals surface area (Å²) in [7, 11) is 0. The quantitative estimate of drug-likeness (QED) is 0.334. The number of ether oxygens (including phenoxy) is 3. The number of hydrogen-bond acceptors (Lipinski definition) is 9. The van der Waals surface area contributed by atoms with Gasteiger partial charge in [0.25, 0.3) is 0 Å². The van der Waals surface area contributed by atoms with Gasteiger partial charge in [0, 0.05) is 55.6 Å². The number of pyridine rings is 1. The van der Waals surface area contributed by atoms with Crippen molar-refractivity contribution in [1.82, 2.24) is 9.88 Å². The molecule has 0 unspecified atom stereocenters. The van der Waals surface area contributed by atoms with Crippen molar-refractivity contribution < 1.29 is 19.0 Å². The van der Waals surface area contributed by atoms with E-state index in [1.54, 1.807) is 18.2 Å². The molecule has 1 aromatic heterocycles. The molecule has 2 aliphatic heterocycles. The van der Waals surface area contributed by atoms with Gasteiger partial charge in [-0.1, -0.05) is 12.1 Å². The number of primary amides is 1. The van der Waals surface area contributed by atoms with Crippen molar-refractivity contribution in [3.8, 4) is 5.88 Å². The Hall–Kier alpha value is -3.21. The number of hydrogen-bond donors (Lipinski definition) is 2.